The molecule has 0 aromatic heterocycles. The number of allylic oxidation sites excluding steroid dienone is 3. The molecule has 168 valence electrons. The van der Waals surface area contributed by atoms with Gasteiger partial charge in [0.05, 0.1) is 19.8 Å². The van der Waals surface area contributed by atoms with Crippen LogP contribution in [0.25, 0.3) is 0 Å². The Morgan fingerprint density at radius 3 is 2.31 bits per heavy atom. The van der Waals surface area contributed by atoms with E-state index in [1.807, 2.05) is 26.0 Å². The van der Waals surface area contributed by atoms with Crippen LogP contribution >= 0.6 is 0 Å². The molecule has 0 aromatic carbocycles. The summed E-state index contributed by atoms with van der Waals surface area (Å²) in [5, 5.41) is 0.144. The number of ether oxygens (including phenoxy) is 3. The fourth-order valence-corrected chi connectivity index (χ4v) is 3.53. The second kappa shape index (κ2) is 14.7. The summed E-state index contributed by atoms with van der Waals surface area (Å²) in [6.45, 7) is 16.4. The molecule has 2 unspecified atom stereocenters. The molecule has 2 atom stereocenters. The third-order valence-corrected chi connectivity index (χ3v) is 9.45. The van der Waals surface area contributed by atoms with Crippen molar-refractivity contribution in [2.75, 3.05) is 20.3 Å². The minimum Gasteiger partial charge on any atom is -0.466 e. The van der Waals surface area contributed by atoms with E-state index in [9.17, 15) is 4.79 Å². The van der Waals surface area contributed by atoms with Crippen molar-refractivity contribution >= 4 is 14.3 Å². The van der Waals surface area contributed by atoms with Crippen LogP contribution in [0.4, 0.5) is 0 Å². The summed E-state index contributed by atoms with van der Waals surface area (Å²) >= 11 is 0. The highest BCUT2D eigenvalue weighted by Gasteiger charge is 2.38. The molecule has 0 spiro atoms. The predicted octanol–water partition coefficient (Wildman–Crippen LogP) is 5.79. The van der Waals surface area contributed by atoms with Gasteiger partial charge >= 0.3 is 5.97 Å². The number of carbonyl (C=O) groups excluding carboxylic acids is 1. The second-order valence-corrected chi connectivity index (χ2v) is 13.2. The third kappa shape index (κ3) is 13.6. The minimum atomic E-state index is -1.88. The zero-order valence-corrected chi connectivity index (χ0v) is 20.7. The summed E-state index contributed by atoms with van der Waals surface area (Å²) in [5.41, 5.74) is 0. The van der Waals surface area contributed by atoms with Gasteiger partial charge in [-0.05, 0) is 51.2 Å². The van der Waals surface area contributed by atoms with Crippen molar-refractivity contribution in [3.63, 3.8) is 0 Å². The van der Waals surface area contributed by atoms with Crippen LogP contribution in [0, 0.1) is 0 Å². The molecule has 29 heavy (non-hydrogen) atoms. The Kier molecular flexibility index (Phi) is 14.1. The number of hydrogen-bond acceptors (Lipinski definition) is 5. The number of rotatable bonds is 14. The van der Waals surface area contributed by atoms with Crippen molar-refractivity contribution in [1.82, 2.24) is 0 Å². The van der Waals surface area contributed by atoms with Gasteiger partial charge in [0.25, 0.3) is 0 Å². The Balaban J connectivity index is 4.66. The maximum Gasteiger partial charge on any atom is 0.330 e. The standard InChI is InChI=1S/C23H42O5Si/c1-9-26-20(2)27-19-15-11-10-12-16-21(17-13-14-18-22(24)25-6)28-29(7,8)23(3,4)5/h10-11,13-14,17-18,20-21H,9,12,15-16,19H2,1-8H3/b11-10-,17-13+,18-14+. The molecule has 0 aliphatic heterocycles. The van der Waals surface area contributed by atoms with Crippen LogP contribution in [0.5, 0.6) is 0 Å². The van der Waals surface area contributed by atoms with Crippen molar-refractivity contribution in [2.45, 2.75) is 84.4 Å². The molecule has 0 aliphatic rings. The highest BCUT2D eigenvalue weighted by atomic mass is 28.4. The first-order chi connectivity index (χ1) is 13.5. The first-order valence-electron chi connectivity index (χ1n) is 10.5. The number of hydrogen-bond donors (Lipinski definition) is 0. The molecule has 0 bridgehead atoms. The van der Waals surface area contributed by atoms with Gasteiger partial charge in [0.1, 0.15) is 0 Å². The van der Waals surface area contributed by atoms with Crippen LogP contribution in [-0.4, -0.2) is 47.0 Å². The van der Waals surface area contributed by atoms with Crippen LogP contribution in [0.3, 0.4) is 0 Å². The summed E-state index contributed by atoms with van der Waals surface area (Å²) in [6, 6.07) is 0. The molecule has 0 radical (unpaired) electrons. The molecule has 0 saturated carbocycles. The Hall–Kier alpha value is -1.21. The lowest BCUT2D eigenvalue weighted by Gasteiger charge is -2.38. The third-order valence-electron chi connectivity index (χ3n) is 4.95. The normalized spacial score (nSPS) is 15.4. The van der Waals surface area contributed by atoms with Gasteiger partial charge in [-0.15, -0.1) is 0 Å². The summed E-state index contributed by atoms with van der Waals surface area (Å²) < 4.78 is 22.1. The van der Waals surface area contributed by atoms with Crippen molar-refractivity contribution in [1.29, 1.82) is 0 Å². The van der Waals surface area contributed by atoms with E-state index in [0.717, 1.165) is 19.3 Å². The fraction of sp³-hybridized carbons (Fsp3) is 0.696. The molecular weight excluding hydrogens is 384 g/mol. The van der Waals surface area contributed by atoms with E-state index in [0.29, 0.717) is 13.2 Å². The van der Waals surface area contributed by atoms with E-state index in [-0.39, 0.29) is 23.4 Å². The molecule has 0 rings (SSSR count). The minimum absolute atomic E-state index is 0.0112. The monoisotopic (exact) mass is 426 g/mol. The van der Waals surface area contributed by atoms with Gasteiger partial charge < -0.3 is 18.6 Å². The maximum atomic E-state index is 11.2. The Morgan fingerprint density at radius 2 is 1.72 bits per heavy atom. The van der Waals surface area contributed by atoms with Gasteiger partial charge in [-0.25, -0.2) is 4.79 Å². The van der Waals surface area contributed by atoms with Crippen LogP contribution in [0.15, 0.2) is 36.5 Å². The lowest BCUT2D eigenvalue weighted by Crippen LogP contribution is -2.43. The van der Waals surface area contributed by atoms with Crippen LogP contribution in [0.2, 0.25) is 18.1 Å². The molecule has 0 aromatic rings. The molecule has 0 fully saturated rings. The van der Waals surface area contributed by atoms with Gasteiger partial charge in [0.15, 0.2) is 14.6 Å². The van der Waals surface area contributed by atoms with Crippen molar-refractivity contribution in [2.24, 2.45) is 0 Å². The van der Waals surface area contributed by atoms with Crippen molar-refractivity contribution in [3.05, 3.63) is 36.5 Å². The van der Waals surface area contributed by atoms with Crippen molar-refractivity contribution < 1.29 is 23.4 Å². The van der Waals surface area contributed by atoms with Crippen LogP contribution < -0.4 is 0 Å². The van der Waals surface area contributed by atoms with Gasteiger partial charge in [0.2, 0.25) is 0 Å². The molecule has 0 amide bonds. The van der Waals surface area contributed by atoms with E-state index in [2.05, 4.69) is 50.8 Å². The number of methoxy groups -OCH3 is 1. The summed E-state index contributed by atoms with van der Waals surface area (Å²) in [5.74, 6) is -0.361. The lowest BCUT2D eigenvalue weighted by molar-refractivity contribution is -0.134. The second-order valence-electron chi connectivity index (χ2n) is 8.41. The molecule has 0 heterocycles. The maximum absolute atomic E-state index is 11.2. The Morgan fingerprint density at radius 1 is 1.07 bits per heavy atom. The Labute approximate surface area is 179 Å². The SMILES string of the molecule is CCOC(C)OCC/C=C\CCC(/C=C/C=C/C(=O)OC)O[Si](C)(C)C(C)(C)C. The smallest absolute Gasteiger partial charge is 0.330 e. The lowest BCUT2D eigenvalue weighted by atomic mass is 10.1. The molecule has 0 aliphatic carbocycles. The molecule has 6 heteroatoms. The van der Waals surface area contributed by atoms with E-state index in [1.54, 1.807) is 6.08 Å². The first-order valence-corrected chi connectivity index (χ1v) is 13.4. The zero-order chi connectivity index (χ0) is 22.3. The van der Waals surface area contributed by atoms with Crippen LogP contribution in [-0.2, 0) is 23.4 Å². The highest BCUT2D eigenvalue weighted by molar-refractivity contribution is 6.74. The fourth-order valence-electron chi connectivity index (χ4n) is 2.22. The Bertz CT molecular complexity index is 532. The predicted molar refractivity (Wildman–Crippen MR) is 122 cm³/mol. The van der Waals surface area contributed by atoms with E-state index >= 15 is 0 Å². The number of esters is 1. The molecule has 5 nitrogen and oxygen atoms in total. The molecule has 0 saturated heterocycles. The summed E-state index contributed by atoms with van der Waals surface area (Å²) in [7, 11) is -0.514. The molecular formula is C23H42O5Si. The largest absolute Gasteiger partial charge is 0.466 e. The number of carbonyl (C=O) groups is 1. The van der Waals surface area contributed by atoms with Gasteiger partial charge in [0, 0.05) is 12.7 Å². The van der Waals surface area contributed by atoms with Gasteiger partial charge in [-0.1, -0.05) is 51.2 Å². The molecule has 0 N–H and O–H groups in total. The van der Waals surface area contributed by atoms with Gasteiger partial charge in [-0.3, -0.25) is 0 Å². The average molecular weight is 427 g/mol. The first kappa shape index (κ1) is 27.8. The summed E-state index contributed by atoms with van der Waals surface area (Å²) in [6.07, 6.45) is 13.8. The van der Waals surface area contributed by atoms with Gasteiger partial charge in [-0.2, -0.15) is 0 Å². The highest BCUT2D eigenvalue weighted by Crippen LogP contribution is 2.37. The topological polar surface area (TPSA) is 54.0 Å². The quantitative estimate of drug-likeness (QED) is 0.0669. The van der Waals surface area contributed by atoms with E-state index in [4.69, 9.17) is 13.9 Å². The van der Waals surface area contributed by atoms with Crippen LogP contribution in [0.1, 0.15) is 53.9 Å². The zero-order valence-electron chi connectivity index (χ0n) is 19.7. The van der Waals surface area contributed by atoms with E-state index < -0.39 is 8.32 Å². The summed E-state index contributed by atoms with van der Waals surface area (Å²) in [4.78, 5) is 11.2. The van der Waals surface area contributed by atoms with E-state index in [1.165, 1.54) is 13.2 Å². The van der Waals surface area contributed by atoms with Crippen molar-refractivity contribution in [3.8, 4) is 0 Å². The average Bonchev–Trinajstić information content (AvgIpc) is 2.62.